The highest BCUT2D eigenvalue weighted by atomic mass is 32.2. The van der Waals surface area contributed by atoms with E-state index in [-0.39, 0.29) is 19.6 Å². The summed E-state index contributed by atoms with van der Waals surface area (Å²) in [7, 11) is -3.79. The van der Waals surface area contributed by atoms with Crippen LogP contribution in [0.4, 0.5) is 0 Å². The summed E-state index contributed by atoms with van der Waals surface area (Å²) in [5.74, 6) is -1.39. The third-order valence-corrected chi connectivity index (χ3v) is 3.19. The molecular formula is C6H13NO5S. The molecule has 0 rings (SSSR count). The molecule has 0 aromatic rings. The first-order chi connectivity index (χ1) is 5.91. The highest BCUT2D eigenvalue weighted by Gasteiger charge is 2.26. The second-order valence-corrected chi connectivity index (χ2v) is 4.58. The summed E-state index contributed by atoms with van der Waals surface area (Å²) in [6, 6.07) is 0. The van der Waals surface area contributed by atoms with Gasteiger partial charge in [-0.05, 0) is 13.3 Å². The number of sulfonamides is 1. The maximum atomic E-state index is 11.1. The van der Waals surface area contributed by atoms with E-state index in [4.69, 9.17) is 10.2 Å². The maximum absolute atomic E-state index is 11.1. The fraction of sp³-hybridized carbons (Fsp3) is 0.833. The summed E-state index contributed by atoms with van der Waals surface area (Å²) in [5, 5.41) is 15.3. The van der Waals surface area contributed by atoms with Gasteiger partial charge in [0.2, 0.25) is 10.0 Å². The van der Waals surface area contributed by atoms with Gasteiger partial charge in [-0.25, -0.2) is 13.1 Å². The van der Waals surface area contributed by atoms with E-state index in [0.717, 1.165) is 6.92 Å². The van der Waals surface area contributed by atoms with Crippen molar-refractivity contribution < 1.29 is 23.4 Å². The average Bonchev–Trinajstić information content (AvgIpc) is 2.03. The molecule has 13 heavy (non-hydrogen) atoms. The lowest BCUT2D eigenvalue weighted by molar-refractivity contribution is -0.136. The first-order valence-corrected chi connectivity index (χ1v) is 5.28. The van der Waals surface area contributed by atoms with Crippen LogP contribution < -0.4 is 4.72 Å². The quantitative estimate of drug-likeness (QED) is 0.477. The summed E-state index contributed by atoms with van der Waals surface area (Å²) in [5.41, 5.74) is 0. The second-order valence-electron chi connectivity index (χ2n) is 2.50. The Labute approximate surface area is 76.6 Å². The van der Waals surface area contributed by atoms with E-state index in [2.05, 4.69) is 4.72 Å². The lowest BCUT2D eigenvalue weighted by atomic mass is 10.5. The van der Waals surface area contributed by atoms with Crippen molar-refractivity contribution in [2.75, 3.05) is 13.2 Å². The lowest BCUT2D eigenvalue weighted by Crippen LogP contribution is -2.38. The summed E-state index contributed by atoms with van der Waals surface area (Å²) < 4.78 is 24.2. The van der Waals surface area contributed by atoms with E-state index < -0.39 is 21.2 Å². The molecule has 0 spiro atoms. The van der Waals surface area contributed by atoms with Crippen molar-refractivity contribution in [3.05, 3.63) is 0 Å². The number of nitrogens with one attached hydrogen (secondary N) is 1. The summed E-state index contributed by atoms with van der Waals surface area (Å²) in [6.45, 7) is 1.00. The molecule has 0 aromatic carbocycles. The van der Waals surface area contributed by atoms with Gasteiger partial charge in [0.25, 0.3) is 0 Å². The lowest BCUT2D eigenvalue weighted by Gasteiger charge is -2.08. The Bertz CT molecular complexity index is 260. The summed E-state index contributed by atoms with van der Waals surface area (Å²) in [4.78, 5) is 10.3. The van der Waals surface area contributed by atoms with Crippen LogP contribution in [-0.2, 0) is 14.8 Å². The fourth-order valence-corrected chi connectivity index (χ4v) is 1.50. The van der Waals surface area contributed by atoms with Gasteiger partial charge in [-0.15, -0.1) is 0 Å². The van der Waals surface area contributed by atoms with Crippen LogP contribution in [0.15, 0.2) is 0 Å². The Morgan fingerprint density at radius 2 is 2.08 bits per heavy atom. The smallest absolute Gasteiger partial charge is 0.323 e. The SMILES string of the molecule is CC(C(=O)O)S(=O)(=O)NCCCO. The van der Waals surface area contributed by atoms with Crippen molar-refractivity contribution in [3.8, 4) is 0 Å². The number of carboxylic acid groups (broad SMARTS) is 1. The van der Waals surface area contributed by atoms with Gasteiger partial charge in [0.15, 0.2) is 5.25 Å². The van der Waals surface area contributed by atoms with Crippen molar-refractivity contribution >= 4 is 16.0 Å². The van der Waals surface area contributed by atoms with Crippen molar-refractivity contribution in [3.63, 3.8) is 0 Å². The minimum atomic E-state index is -3.79. The van der Waals surface area contributed by atoms with E-state index in [1.54, 1.807) is 0 Å². The molecule has 0 aliphatic rings. The van der Waals surface area contributed by atoms with E-state index in [1.807, 2.05) is 0 Å². The molecule has 0 heterocycles. The van der Waals surface area contributed by atoms with E-state index >= 15 is 0 Å². The standard InChI is InChI=1S/C6H13NO5S/c1-5(6(9)10)13(11,12)7-3-2-4-8/h5,7-8H,2-4H2,1H3,(H,9,10). The second kappa shape index (κ2) is 5.15. The molecule has 0 bridgehead atoms. The zero-order valence-corrected chi connectivity index (χ0v) is 8.04. The summed E-state index contributed by atoms with van der Waals surface area (Å²) >= 11 is 0. The Morgan fingerprint density at radius 1 is 1.54 bits per heavy atom. The van der Waals surface area contributed by atoms with Gasteiger partial charge in [-0.3, -0.25) is 4.79 Å². The Hall–Kier alpha value is -0.660. The van der Waals surface area contributed by atoms with Crippen LogP contribution in [0.2, 0.25) is 0 Å². The van der Waals surface area contributed by atoms with Crippen LogP contribution in [-0.4, -0.2) is 43.0 Å². The first kappa shape index (κ1) is 12.3. The third kappa shape index (κ3) is 4.20. The predicted molar refractivity (Wildman–Crippen MR) is 45.7 cm³/mol. The number of aliphatic hydroxyl groups is 1. The molecule has 0 saturated heterocycles. The van der Waals surface area contributed by atoms with Crippen LogP contribution in [0.5, 0.6) is 0 Å². The van der Waals surface area contributed by atoms with Gasteiger partial charge in [-0.1, -0.05) is 0 Å². The molecule has 0 aliphatic heterocycles. The van der Waals surface area contributed by atoms with Crippen LogP contribution in [0, 0.1) is 0 Å². The van der Waals surface area contributed by atoms with Gasteiger partial charge >= 0.3 is 5.97 Å². The number of rotatable bonds is 6. The molecule has 0 amide bonds. The zero-order valence-electron chi connectivity index (χ0n) is 7.23. The molecule has 0 saturated carbocycles. The summed E-state index contributed by atoms with van der Waals surface area (Å²) in [6.07, 6.45) is 0.269. The molecule has 0 radical (unpaired) electrons. The van der Waals surface area contributed by atoms with Crippen LogP contribution in [0.25, 0.3) is 0 Å². The highest BCUT2D eigenvalue weighted by Crippen LogP contribution is 1.97. The molecule has 1 atom stereocenters. The molecule has 78 valence electrons. The monoisotopic (exact) mass is 211 g/mol. The molecule has 0 fully saturated rings. The first-order valence-electron chi connectivity index (χ1n) is 3.74. The molecule has 1 unspecified atom stereocenters. The van der Waals surface area contributed by atoms with Gasteiger partial charge in [-0.2, -0.15) is 0 Å². The minimum Gasteiger partial charge on any atom is -0.480 e. The maximum Gasteiger partial charge on any atom is 0.323 e. The molecule has 0 aromatic heterocycles. The van der Waals surface area contributed by atoms with Crippen molar-refractivity contribution in [1.82, 2.24) is 4.72 Å². The topological polar surface area (TPSA) is 104 Å². The number of hydrogen-bond acceptors (Lipinski definition) is 4. The van der Waals surface area contributed by atoms with Crippen LogP contribution in [0.3, 0.4) is 0 Å². The molecular weight excluding hydrogens is 198 g/mol. The average molecular weight is 211 g/mol. The van der Waals surface area contributed by atoms with Gasteiger partial charge in [0.05, 0.1) is 0 Å². The molecule has 7 heteroatoms. The number of carboxylic acids is 1. The van der Waals surface area contributed by atoms with Crippen molar-refractivity contribution in [1.29, 1.82) is 0 Å². The highest BCUT2D eigenvalue weighted by molar-refractivity contribution is 7.90. The normalized spacial score (nSPS) is 14.0. The molecule has 0 aliphatic carbocycles. The van der Waals surface area contributed by atoms with Gasteiger partial charge < -0.3 is 10.2 Å². The Kier molecular flexibility index (Phi) is 4.89. The third-order valence-electron chi connectivity index (χ3n) is 1.45. The van der Waals surface area contributed by atoms with Crippen molar-refractivity contribution in [2.24, 2.45) is 0 Å². The minimum absolute atomic E-state index is 0.0520. The number of aliphatic carboxylic acids is 1. The Morgan fingerprint density at radius 3 is 2.46 bits per heavy atom. The number of hydrogen-bond donors (Lipinski definition) is 3. The number of carbonyl (C=O) groups is 1. The van der Waals surface area contributed by atoms with Crippen LogP contribution >= 0.6 is 0 Å². The van der Waals surface area contributed by atoms with Gasteiger partial charge in [0, 0.05) is 13.2 Å². The molecule has 6 nitrogen and oxygen atoms in total. The van der Waals surface area contributed by atoms with E-state index in [1.165, 1.54) is 0 Å². The van der Waals surface area contributed by atoms with E-state index in [9.17, 15) is 13.2 Å². The van der Waals surface area contributed by atoms with Crippen LogP contribution in [0.1, 0.15) is 13.3 Å². The Balaban J connectivity index is 4.16. The van der Waals surface area contributed by atoms with E-state index in [0.29, 0.717) is 0 Å². The number of aliphatic hydroxyl groups excluding tert-OH is 1. The zero-order chi connectivity index (χ0) is 10.5. The fourth-order valence-electron chi connectivity index (χ4n) is 0.551. The largest absolute Gasteiger partial charge is 0.480 e. The molecule has 3 N–H and O–H groups in total. The predicted octanol–water partition coefficient (Wildman–Crippen LogP) is -1.24. The van der Waals surface area contributed by atoms with Crippen molar-refractivity contribution in [2.45, 2.75) is 18.6 Å². The van der Waals surface area contributed by atoms with Gasteiger partial charge in [0.1, 0.15) is 0 Å².